The van der Waals surface area contributed by atoms with Gasteiger partial charge < -0.3 is 5.11 Å². The van der Waals surface area contributed by atoms with Gasteiger partial charge in [0, 0.05) is 6.42 Å². The Balaban J connectivity index is 2.38. The number of hydrogen-bond donors (Lipinski definition) is 1. The summed E-state index contributed by atoms with van der Waals surface area (Å²) in [6, 6.07) is 15.1. The second-order valence-electron chi connectivity index (χ2n) is 4.08. The van der Waals surface area contributed by atoms with Crippen LogP contribution >= 0.6 is 0 Å². The predicted molar refractivity (Wildman–Crippen MR) is 66.8 cm³/mol. The molecular weight excluding hydrogens is 210 g/mol. The molecule has 0 amide bonds. The summed E-state index contributed by atoms with van der Waals surface area (Å²) in [6.07, 6.45) is 0.581. The second kappa shape index (κ2) is 4.71. The molecular formula is C15H13NO. The van der Waals surface area contributed by atoms with Gasteiger partial charge in [0.2, 0.25) is 0 Å². The zero-order valence-corrected chi connectivity index (χ0v) is 9.64. The molecule has 0 atom stereocenters. The van der Waals surface area contributed by atoms with Crippen molar-refractivity contribution in [1.29, 1.82) is 5.26 Å². The first kappa shape index (κ1) is 11.2. The Morgan fingerprint density at radius 3 is 2.65 bits per heavy atom. The van der Waals surface area contributed by atoms with Crippen LogP contribution in [0.2, 0.25) is 0 Å². The van der Waals surface area contributed by atoms with Gasteiger partial charge in [-0.3, -0.25) is 0 Å². The van der Waals surface area contributed by atoms with Gasteiger partial charge in [-0.05, 0) is 30.2 Å². The van der Waals surface area contributed by atoms with Gasteiger partial charge >= 0.3 is 0 Å². The van der Waals surface area contributed by atoms with E-state index in [2.05, 4.69) is 6.07 Å². The average Bonchev–Trinajstić information content (AvgIpc) is 2.34. The van der Waals surface area contributed by atoms with E-state index in [4.69, 9.17) is 5.26 Å². The third kappa shape index (κ3) is 2.46. The van der Waals surface area contributed by atoms with Gasteiger partial charge in [0.25, 0.3) is 0 Å². The maximum Gasteiger partial charge on any atom is 0.119 e. The first-order valence-electron chi connectivity index (χ1n) is 5.47. The molecule has 0 saturated heterocycles. The molecule has 0 aliphatic heterocycles. The first-order chi connectivity index (χ1) is 8.20. The summed E-state index contributed by atoms with van der Waals surface area (Å²) in [4.78, 5) is 0. The summed E-state index contributed by atoms with van der Waals surface area (Å²) in [5.74, 6) is 0.281. The minimum atomic E-state index is 0.281. The number of aromatic hydroxyl groups is 1. The molecule has 0 aliphatic rings. The minimum Gasteiger partial charge on any atom is -0.508 e. The van der Waals surface area contributed by atoms with Crippen LogP contribution in [0.1, 0.15) is 22.3 Å². The highest BCUT2D eigenvalue weighted by atomic mass is 16.3. The molecule has 2 nitrogen and oxygen atoms in total. The summed E-state index contributed by atoms with van der Waals surface area (Å²) >= 11 is 0. The zero-order chi connectivity index (χ0) is 12.3. The van der Waals surface area contributed by atoms with Crippen molar-refractivity contribution in [3.05, 3.63) is 64.7 Å². The predicted octanol–water partition coefficient (Wildman–Crippen LogP) is 3.16. The van der Waals surface area contributed by atoms with Gasteiger partial charge in [0.15, 0.2) is 0 Å². The molecule has 2 rings (SSSR count). The number of nitrogens with zero attached hydrogens (tertiary/aromatic N) is 1. The molecule has 0 radical (unpaired) electrons. The number of nitriles is 1. The maximum absolute atomic E-state index is 9.78. The molecule has 1 N–H and O–H groups in total. The van der Waals surface area contributed by atoms with Gasteiger partial charge in [-0.2, -0.15) is 5.26 Å². The van der Waals surface area contributed by atoms with Crippen LogP contribution in [0.5, 0.6) is 5.75 Å². The summed E-state index contributed by atoms with van der Waals surface area (Å²) < 4.78 is 0. The van der Waals surface area contributed by atoms with Crippen molar-refractivity contribution >= 4 is 0 Å². The Labute approximate surface area is 101 Å². The van der Waals surface area contributed by atoms with Gasteiger partial charge in [0.1, 0.15) is 5.75 Å². The smallest absolute Gasteiger partial charge is 0.119 e. The van der Waals surface area contributed by atoms with Crippen LogP contribution in [0, 0.1) is 18.3 Å². The fraction of sp³-hybridized carbons (Fsp3) is 0.133. The maximum atomic E-state index is 9.78. The van der Waals surface area contributed by atoms with Crippen molar-refractivity contribution in [3.8, 4) is 11.8 Å². The molecule has 0 fully saturated rings. The Morgan fingerprint density at radius 2 is 1.88 bits per heavy atom. The molecule has 0 aliphatic carbocycles. The topological polar surface area (TPSA) is 44.0 Å². The largest absolute Gasteiger partial charge is 0.508 e. The summed E-state index contributed by atoms with van der Waals surface area (Å²) in [5.41, 5.74) is 3.56. The number of aryl methyl sites for hydroxylation is 1. The minimum absolute atomic E-state index is 0.281. The van der Waals surface area contributed by atoms with E-state index in [1.807, 2.05) is 37.3 Å². The van der Waals surface area contributed by atoms with Crippen LogP contribution in [0.25, 0.3) is 0 Å². The molecule has 2 aromatic rings. The molecule has 2 aromatic carbocycles. The van der Waals surface area contributed by atoms with Crippen LogP contribution in [-0.2, 0) is 6.42 Å². The van der Waals surface area contributed by atoms with Gasteiger partial charge in [-0.15, -0.1) is 0 Å². The van der Waals surface area contributed by atoms with Crippen molar-refractivity contribution in [2.24, 2.45) is 0 Å². The normalized spacial score (nSPS) is 9.88. The molecule has 0 spiro atoms. The fourth-order valence-electron chi connectivity index (χ4n) is 1.84. The van der Waals surface area contributed by atoms with E-state index in [0.717, 1.165) is 16.7 Å². The molecule has 0 saturated carbocycles. The SMILES string of the molecule is Cc1ccc(O)c(Cc2ccccc2C#N)c1. The van der Waals surface area contributed by atoms with Crippen LogP contribution in [0.15, 0.2) is 42.5 Å². The number of phenolic OH excluding ortho intramolecular Hbond substituents is 1. The molecule has 84 valence electrons. The van der Waals surface area contributed by atoms with E-state index >= 15 is 0 Å². The molecule has 0 heterocycles. The van der Waals surface area contributed by atoms with Gasteiger partial charge in [-0.25, -0.2) is 0 Å². The molecule has 0 unspecified atom stereocenters. The van der Waals surface area contributed by atoms with Crippen molar-refractivity contribution in [3.63, 3.8) is 0 Å². The lowest BCUT2D eigenvalue weighted by atomic mass is 9.99. The number of rotatable bonds is 2. The zero-order valence-electron chi connectivity index (χ0n) is 9.64. The highest BCUT2D eigenvalue weighted by Crippen LogP contribution is 2.22. The van der Waals surface area contributed by atoms with Crippen molar-refractivity contribution in [2.75, 3.05) is 0 Å². The Kier molecular flexibility index (Phi) is 3.11. The monoisotopic (exact) mass is 223 g/mol. The van der Waals surface area contributed by atoms with E-state index in [9.17, 15) is 5.11 Å². The van der Waals surface area contributed by atoms with Crippen molar-refractivity contribution in [1.82, 2.24) is 0 Å². The fourth-order valence-corrected chi connectivity index (χ4v) is 1.84. The summed E-state index contributed by atoms with van der Waals surface area (Å²) in [5, 5.41) is 18.8. The van der Waals surface area contributed by atoms with Gasteiger partial charge in [0.05, 0.1) is 11.6 Å². The van der Waals surface area contributed by atoms with Crippen LogP contribution in [-0.4, -0.2) is 5.11 Å². The van der Waals surface area contributed by atoms with E-state index in [-0.39, 0.29) is 5.75 Å². The van der Waals surface area contributed by atoms with Crippen LogP contribution < -0.4 is 0 Å². The Hall–Kier alpha value is -2.27. The highest BCUT2D eigenvalue weighted by molar-refractivity contribution is 5.44. The third-order valence-electron chi connectivity index (χ3n) is 2.75. The van der Waals surface area contributed by atoms with Gasteiger partial charge in [-0.1, -0.05) is 35.9 Å². The van der Waals surface area contributed by atoms with E-state index < -0.39 is 0 Å². The number of hydrogen-bond acceptors (Lipinski definition) is 2. The van der Waals surface area contributed by atoms with E-state index in [0.29, 0.717) is 12.0 Å². The lowest BCUT2D eigenvalue weighted by molar-refractivity contribution is 0.469. The lowest BCUT2D eigenvalue weighted by Gasteiger charge is -2.07. The number of phenols is 1. The molecule has 0 aromatic heterocycles. The Morgan fingerprint density at radius 1 is 1.12 bits per heavy atom. The van der Waals surface area contributed by atoms with E-state index in [1.165, 1.54) is 0 Å². The molecule has 0 bridgehead atoms. The summed E-state index contributed by atoms with van der Waals surface area (Å²) in [6.45, 7) is 1.99. The van der Waals surface area contributed by atoms with Crippen LogP contribution in [0.3, 0.4) is 0 Å². The lowest BCUT2D eigenvalue weighted by Crippen LogP contribution is -1.93. The molecule has 2 heteroatoms. The number of benzene rings is 2. The van der Waals surface area contributed by atoms with Crippen molar-refractivity contribution < 1.29 is 5.11 Å². The Bertz CT molecular complexity index is 582. The standard InChI is InChI=1S/C15H13NO/c1-11-6-7-15(17)14(8-11)9-12-4-2-3-5-13(12)10-16/h2-8,17H,9H2,1H3. The summed E-state index contributed by atoms with van der Waals surface area (Å²) in [7, 11) is 0. The second-order valence-corrected chi connectivity index (χ2v) is 4.08. The quantitative estimate of drug-likeness (QED) is 0.849. The average molecular weight is 223 g/mol. The van der Waals surface area contributed by atoms with Crippen LogP contribution in [0.4, 0.5) is 0 Å². The van der Waals surface area contributed by atoms with Crippen molar-refractivity contribution in [2.45, 2.75) is 13.3 Å². The first-order valence-corrected chi connectivity index (χ1v) is 5.47. The highest BCUT2D eigenvalue weighted by Gasteiger charge is 2.06. The van der Waals surface area contributed by atoms with E-state index in [1.54, 1.807) is 12.1 Å². The third-order valence-corrected chi connectivity index (χ3v) is 2.75. The molecule has 17 heavy (non-hydrogen) atoms.